The SMILES string of the molecule is [CH-]=C(C)C=C(C)C.[Ru+].c1ccc(P(c2ccccc2)c2ccccc2)cc1. The van der Waals surface area contributed by atoms with Crippen molar-refractivity contribution in [2.75, 3.05) is 0 Å². The number of allylic oxidation sites excluding steroid dienone is 3. The summed E-state index contributed by atoms with van der Waals surface area (Å²) >= 11 is 0. The van der Waals surface area contributed by atoms with E-state index < -0.39 is 7.92 Å². The molecule has 3 rings (SSSR count). The molecule has 139 valence electrons. The van der Waals surface area contributed by atoms with Gasteiger partial charge in [0.25, 0.3) is 0 Å². The van der Waals surface area contributed by atoms with Crippen LogP contribution in [0.1, 0.15) is 20.8 Å². The first-order chi connectivity index (χ1) is 12.6. The van der Waals surface area contributed by atoms with E-state index in [0.717, 1.165) is 5.57 Å². The molecule has 3 aromatic rings. The standard InChI is InChI=1S/C18H15P.C7H11.Ru/c1-4-10-16(11-5-1)19(17-12-6-2-7-13-17)18-14-8-3-9-15-18;1-6(2)5-7(3)4;/h1-15H;1,5H,2-4H3;/q;-1;+1. The Labute approximate surface area is 178 Å². The quantitative estimate of drug-likeness (QED) is 0.201. The average molecular weight is 459 g/mol. The van der Waals surface area contributed by atoms with Crippen LogP contribution in [0.4, 0.5) is 0 Å². The largest absolute Gasteiger partial charge is 1.00 e. The number of hydrogen-bond donors (Lipinski definition) is 0. The third-order valence-corrected chi connectivity index (χ3v) is 6.00. The smallest absolute Gasteiger partial charge is 0.290 e. The molecule has 27 heavy (non-hydrogen) atoms. The van der Waals surface area contributed by atoms with Gasteiger partial charge in [-0.25, -0.2) is 11.6 Å². The Hall–Kier alpha value is -1.81. The zero-order valence-corrected chi connectivity index (χ0v) is 18.7. The Morgan fingerprint density at radius 1 is 0.630 bits per heavy atom. The van der Waals surface area contributed by atoms with Crippen LogP contribution in [-0.2, 0) is 19.5 Å². The first-order valence-corrected chi connectivity index (χ1v) is 10.1. The molecule has 0 amide bonds. The molecule has 0 spiro atoms. The molecule has 0 atom stereocenters. The van der Waals surface area contributed by atoms with Crippen LogP contribution in [0.3, 0.4) is 0 Å². The van der Waals surface area contributed by atoms with Crippen LogP contribution in [0.25, 0.3) is 0 Å². The summed E-state index contributed by atoms with van der Waals surface area (Å²) < 4.78 is 0. The number of hydrogen-bond acceptors (Lipinski definition) is 0. The molecule has 0 aliphatic rings. The van der Waals surface area contributed by atoms with Gasteiger partial charge in [0.15, 0.2) is 0 Å². The Morgan fingerprint density at radius 2 is 0.926 bits per heavy atom. The molecular formula is C25H26PRu. The predicted molar refractivity (Wildman–Crippen MR) is 118 cm³/mol. The van der Waals surface area contributed by atoms with Crippen molar-refractivity contribution >= 4 is 23.8 Å². The first-order valence-electron chi connectivity index (χ1n) is 8.77. The van der Waals surface area contributed by atoms with Crippen molar-refractivity contribution in [2.24, 2.45) is 0 Å². The van der Waals surface area contributed by atoms with Gasteiger partial charge in [-0.05, 0) is 23.8 Å². The van der Waals surface area contributed by atoms with E-state index in [0.29, 0.717) is 0 Å². The molecule has 0 heterocycles. The van der Waals surface area contributed by atoms with Crippen molar-refractivity contribution in [1.29, 1.82) is 0 Å². The molecule has 0 aromatic heterocycles. The Morgan fingerprint density at radius 3 is 1.11 bits per heavy atom. The topological polar surface area (TPSA) is 0 Å². The van der Waals surface area contributed by atoms with Crippen molar-refractivity contribution in [2.45, 2.75) is 20.8 Å². The van der Waals surface area contributed by atoms with Gasteiger partial charge in [0.05, 0.1) is 0 Å². The Bertz CT molecular complexity index is 726. The van der Waals surface area contributed by atoms with Gasteiger partial charge in [-0.3, -0.25) is 6.58 Å². The second kappa shape index (κ2) is 12.6. The Kier molecular flexibility index (Phi) is 10.8. The van der Waals surface area contributed by atoms with Gasteiger partial charge in [-0.15, -0.1) is 0 Å². The van der Waals surface area contributed by atoms with Crippen molar-refractivity contribution in [1.82, 2.24) is 0 Å². The van der Waals surface area contributed by atoms with E-state index in [1.165, 1.54) is 21.5 Å². The van der Waals surface area contributed by atoms with Crippen molar-refractivity contribution < 1.29 is 19.5 Å². The zero-order chi connectivity index (χ0) is 18.8. The molecule has 2 heteroatoms. The maximum atomic E-state index is 5.33. The summed E-state index contributed by atoms with van der Waals surface area (Å²) in [5, 5.41) is 4.19. The molecule has 0 nitrogen and oxygen atoms in total. The molecule has 0 N–H and O–H groups in total. The summed E-state index contributed by atoms with van der Waals surface area (Å²) in [6, 6.07) is 32.3. The molecule has 0 aliphatic carbocycles. The first kappa shape index (κ1) is 23.2. The third-order valence-electron chi connectivity index (χ3n) is 3.56. The van der Waals surface area contributed by atoms with Gasteiger partial charge in [-0.1, -0.05) is 112 Å². The minimum Gasteiger partial charge on any atom is -0.290 e. The van der Waals surface area contributed by atoms with E-state index in [2.05, 4.69) is 91.0 Å². The number of rotatable bonds is 4. The van der Waals surface area contributed by atoms with E-state index >= 15 is 0 Å². The van der Waals surface area contributed by atoms with E-state index in [9.17, 15) is 0 Å². The van der Waals surface area contributed by atoms with Gasteiger partial charge in [0.2, 0.25) is 0 Å². The van der Waals surface area contributed by atoms with Crippen molar-refractivity contribution in [3.63, 3.8) is 0 Å². The summed E-state index contributed by atoms with van der Waals surface area (Å²) in [5.74, 6) is 0. The molecule has 0 bridgehead atoms. The molecule has 0 fully saturated rings. The molecular weight excluding hydrogens is 432 g/mol. The monoisotopic (exact) mass is 459 g/mol. The van der Waals surface area contributed by atoms with E-state index in [-0.39, 0.29) is 19.5 Å². The summed E-state index contributed by atoms with van der Waals surface area (Å²) in [7, 11) is -0.446. The second-order valence-corrected chi connectivity index (χ2v) is 8.53. The molecule has 0 unspecified atom stereocenters. The van der Waals surface area contributed by atoms with Crippen molar-refractivity contribution in [3.05, 3.63) is 115 Å². The average Bonchev–Trinajstić information content (AvgIpc) is 2.64. The van der Waals surface area contributed by atoms with Crippen LogP contribution >= 0.6 is 7.92 Å². The molecule has 1 radical (unpaired) electrons. The fourth-order valence-electron chi connectivity index (χ4n) is 2.63. The van der Waals surface area contributed by atoms with Crippen LogP contribution in [0.5, 0.6) is 0 Å². The van der Waals surface area contributed by atoms with Crippen LogP contribution in [0, 0.1) is 6.58 Å². The predicted octanol–water partition coefficient (Wildman–Crippen LogP) is 5.77. The normalized spacial score (nSPS) is 9.48. The molecule has 0 saturated heterocycles. The fourth-order valence-corrected chi connectivity index (χ4v) is 4.94. The minimum atomic E-state index is -0.446. The van der Waals surface area contributed by atoms with Gasteiger partial charge in [0, 0.05) is 0 Å². The van der Waals surface area contributed by atoms with Gasteiger partial charge in [0.1, 0.15) is 0 Å². The number of benzene rings is 3. The van der Waals surface area contributed by atoms with Crippen LogP contribution in [0.2, 0.25) is 0 Å². The molecule has 0 aliphatic heterocycles. The van der Waals surface area contributed by atoms with Gasteiger partial charge < -0.3 is 0 Å². The fraction of sp³-hybridized carbons (Fsp3) is 0.120. The summed E-state index contributed by atoms with van der Waals surface area (Å²) in [5.41, 5.74) is 2.13. The van der Waals surface area contributed by atoms with Gasteiger partial charge >= 0.3 is 19.5 Å². The van der Waals surface area contributed by atoms with Crippen LogP contribution < -0.4 is 15.9 Å². The summed E-state index contributed by atoms with van der Waals surface area (Å²) in [4.78, 5) is 0. The van der Waals surface area contributed by atoms with Crippen LogP contribution in [0.15, 0.2) is 108 Å². The summed E-state index contributed by atoms with van der Waals surface area (Å²) in [6.07, 6.45) is 1.94. The van der Waals surface area contributed by atoms with E-state index in [1.54, 1.807) is 0 Å². The van der Waals surface area contributed by atoms with E-state index in [4.69, 9.17) is 6.58 Å². The minimum absolute atomic E-state index is 0. The third kappa shape index (κ3) is 8.17. The Balaban J connectivity index is 0.000000395. The maximum Gasteiger partial charge on any atom is 1.00 e. The molecule has 3 aromatic carbocycles. The second-order valence-electron chi connectivity index (χ2n) is 6.31. The van der Waals surface area contributed by atoms with Crippen molar-refractivity contribution in [3.8, 4) is 0 Å². The van der Waals surface area contributed by atoms with Crippen LogP contribution in [-0.4, -0.2) is 0 Å². The summed E-state index contributed by atoms with van der Waals surface area (Å²) in [6.45, 7) is 11.3. The zero-order valence-electron chi connectivity index (χ0n) is 16.1. The molecule has 0 saturated carbocycles. The van der Waals surface area contributed by atoms with Gasteiger partial charge in [-0.2, -0.15) is 5.57 Å². The van der Waals surface area contributed by atoms with E-state index in [1.807, 2.05) is 26.8 Å². The maximum absolute atomic E-state index is 5.33.